The van der Waals surface area contributed by atoms with E-state index in [4.69, 9.17) is 5.11 Å². The highest BCUT2D eigenvalue weighted by Gasteiger charge is 2.11. The Morgan fingerprint density at radius 3 is 2.38 bits per heavy atom. The van der Waals surface area contributed by atoms with Gasteiger partial charge in [-0.25, -0.2) is 0 Å². The SMILES string of the molecule is CC(CCC(=O)O)NC(=O)CCNC(=O)c1ccc([N+](=O)[O-])cc1. The van der Waals surface area contributed by atoms with Gasteiger partial charge in [-0.05, 0) is 25.5 Å². The van der Waals surface area contributed by atoms with Gasteiger partial charge in [0.15, 0.2) is 0 Å². The zero-order valence-electron chi connectivity index (χ0n) is 13.2. The van der Waals surface area contributed by atoms with Crippen molar-refractivity contribution >= 4 is 23.5 Å². The van der Waals surface area contributed by atoms with Crippen molar-refractivity contribution < 1.29 is 24.4 Å². The molecule has 2 amide bonds. The Bertz CT molecular complexity index is 614. The summed E-state index contributed by atoms with van der Waals surface area (Å²) in [7, 11) is 0. The predicted octanol–water partition coefficient (Wildman–Crippen LogP) is 1.08. The number of carboxylic acids is 1. The number of hydrogen-bond donors (Lipinski definition) is 3. The van der Waals surface area contributed by atoms with Crippen molar-refractivity contribution in [3.63, 3.8) is 0 Å². The van der Waals surface area contributed by atoms with Crippen LogP contribution in [-0.4, -0.2) is 40.4 Å². The molecule has 1 aromatic rings. The number of carbonyl (C=O) groups excluding carboxylic acids is 2. The van der Waals surface area contributed by atoms with Crippen LogP contribution in [-0.2, 0) is 9.59 Å². The number of nitrogens with one attached hydrogen (secondary N) is 2. The Labute approximate surface area is 138 Å². The topological polar surface area (TPSA) is 139 Å². The number of nitrogens with zero attached hydrogens (tertiary/aromatic N) is 1. The minimum atomic E-state index is -0.925. The third kappa shape index (κ3) is 6.86. The average Bonchev–Trinajstić information content (AvgIpc) is 2.52. The highest BCUT2D eigenvalue weighted by Crippen LogP contribution is 2.11. The van der Waals surface area contributed by atoms with Gasteiger partial charge in [-0.2, -0.15) is 0 Å². The molecule has 0 spiro atoms. The Hall–Kier alpha value is -2.97. The van der Waals surface area contributed by atoms with Crippen LogP contribution in [0.5, 0.6) is 0 Å². The summed E-state index contributed by atoms with van der Waals surface area (Å²) in [6, 6.07) is 4.86. The molecule has 1 aromatic carbocycles. The number of nitro groups is 1. The summed E-state index contributed by atoms with van der Waals surface area (Å²) < 4.78 is 0. The number of carboxylic acid groups (broad SMARTS) is 1. The maximum absolute atomic E-state index is 11.8. The fourth-order valence-corrected chi connectivity index (χ4v) is 1.89. The van der Waals surface area contributed by atoms with E-state index in [0.717, 1.165) is 0 Å². The molecule has 9 heteroatoms. The van der Waals surface area contributed by atoms with Crippen LogP contribution < -0.4 is 10.6 Å². The predicted molar refractivity (Wildman–Crippen MR) is 84.5 cm³/mol. The Kier molecular flexibility index (Phi) is 7.34. The van der Waals surface area contributed by atoms with Gasteiger partial charge >= 0.3 is 5.97 Å². The molecule has 0 aliphatic heterocycles. The molecule has 0 heterocycles. The molecule has 24 heavy (non-hydrogen) atoms. The quantitative estimate of drug-likeness (QED) is 0.455. The third-order valence-electron chi connectivity index (χ3n) is 3.18. The van der Waals surface area contributed by atoms with Crippen molar-refractivity contribution in [1.82, 2.24) is 10.6 Å². The Balaban J connectivity index is 2.33. The molecule has 3 N–H and O–H groups in total. The molecule has 1 rings (SSSR count). The van der Waals surface area contributed by atoms with E-state index in [1.54, 1.807) is 6.92 Å². The first-order chi connectivity index (χ1) is 11.3. The maximum atomic E-state index is 11.8. The number of non-ortho nitro benzene ring substituents is 1. The minimum Gasteiger partial charge on any atom is -0.481 e. The third-order valence-corrected chi connectivity index (χ3v) is 3.18. The number of aliphatic carboxylic acids is 1. The van der Waals surface area contributed by atoms with Gasteiger partial charge < -0.3 is 15.7 Å². The first-order valence-corrected chi connectivity index (χ1v) is 7.33. The normalized spacial score (nSPS) is 11.4. The van der Waals surface area contributed by atoms with E-state index in [1.807, 2.05) is 0 Å². The van der Waals surface area contributed by atoms with Crippen LogP contribution in [0, 0.1) is 10.1 Å². The number of amides is 2. The summed E-state index contributed by atoms with van der Waals surface area (Å²) in [5.74, 6) is -1.65. The minimum absolute atomic E-state index is 0.0294. The summed E-state index contributed by atoms with van der Waals surface area (Å²) in [4.78, 5) is 43.9. The summed E-state index contributed by atoms with van der Waals surface area (Å²) in [5, 5.41) is 24.3. The van der Waals surface area contributed by atoms with E-state index >= 15 is 0 Å². The molecule has 1 atom stereocenters. The van der Waals surface area contributed by atoms with E-state index in [1.165, 1.54) is 24.3 Å². The molecule has 0 aliphatic carbocycles. The second-order valence-corrected chi connectivity index (χ2v) is 5.21. The molecule has 0 fully saturated rings. The van der Waals surface area contributed by atoms with Gasteiger partial charge in [-0.3, -0.25) is 24.5 Å². The number of hydrogen-bond acceptors (Lipinski definition) is 5. The molecule has 9 nitrogen and oxygen atoms in total. The molecular formula is C15H19N3O6. The van der Waals surface area contributed by atoms with Gasteiger partial charge in [0.25, 0.3) is 11.6 Å². The van der Waals surface area contributed by atoms with Gasteiger partial charge in [-0.1, -0.05) is 0 Å². The van der Waals surface area contributed by atoms with Crippen LogP contribution in [0.25, 0.3) is 0 Å². The Morgan fingerprint density at radius 2 is 1.83 bits per heavy atom. The van der Waals surface area contributed by atoms with Gasteiger partial charge in [0, 0.05) is 43.1 Å². The van der Waals surface area contributed by atoms with Crippen molar-refractivity contribution in [3.8, 4) is 0 Å². The smallest absolute Gasteiger partial charge is 0.303 e. The monoisotopic (exact) mass is 337 g/mol. The van der Waals surface area contributed by atoms with Crippen molar-refractivity contribution in [3.05, 3.63) is 39.9 Å². The summed E-state index contributed by atoms with van der Waals surface area (Å²) >= 11 is 0. The van der Waals surface area contributed by atoms with Crippen molar-refractivity contribution in [1.29, 1.82) is 0 Å². The molecule has 0 aromatic heterocycles. The van der Waals surface area contributed by atoms with E-state index in [9.17, 15) is 24.5 Å². The number of rotatable bonds is 9. The fourth-order valence-electron chi connectivity index (χ4n) is 1.89. The van der Waals surface area contributed by atoms with Gasteiger partial charge in [0.1, 0.15) is 0 Å². The largest absolute Gasteiger partial charge is 0.481 e. The summed E-state index contributed by atoms with van der Waals surface area (Å²) in [6.07, 6.45) is 0.352. The van der Waals surface area contributed by atoms with Crippen molar-refractivity contribution in [2.75, 3.05) is 6.54 Å². The van der Waals surface area contributed by atoms with Crippen LogP contribution in [0.1, 0.15) is 36.5 Å². The standard InChI is InChI=1S/C15H19N3O6/c1-10(2-7-14(20)21)17-13(19)8-9-16-15(22)11-3-5-12(6-4-11)18(23)24/h3-6,10H,2,7-9H2,1H3,(H,16,22)(H,17,19)(H,20,21). The summed E-state index contributed by atoms with van der Waals surface area (Å²) in [5.41, 5.74) is 0.150. The second kappa shape index (κ2) is 9.23. The highest BCUT2D eigenvalue weighted by atomic mass is 16.6. The van der Waals surface area contributed by atoms with Crippen LogP contribution >= 0.6 is 0 Å². The van der Waals surface area contributed by atoms with E-state index in [2.05, 4.69) is 10.6 Å². The molecule has 0 bridgehead atoms. The maximum Gasteiger partial charge on any atom is 0.303 e. The lowest BCUT2D eigenvalue weighted by Gasteiger charge is -2.12. The Morgan fingerprint density at radius 1 is 1.21 bits per heavy atom. The zero-order chi connectivity index (χ0) is 18.1. The number of benzene rings is 1. The zero-order valence-corrected chi connectivity index (χ0v) is 13.2. The fraction of sp³-hybridized carbons (Fsp3) is 0.400. The van der Waals surface area contributed by atoms with Gasteiger partial charge in [-0.15, -0.1) is 0 Å². The number of carbonyl (C=O) groups is 3. The van der Waals surface area contributed by atoms with Crippen molar-refractivity contribution in [2.24, 2.45) is 0 Å². The number of nitro benzene ring substituents is 1. The molecule has 0 saturated carbocycles. The highest BCUT2D eigenvalue weighted by molar-refractivity contribution is 5.94. The molecule has 0 aliphatic rings. The second-order valence-electron chi connectivity index (χ2n) is 5.21. The molecule has 0 saturated heterocycles. The van der Waals surface area contributed by atoms with E-state index in [0.29, 0.717) is 6.42 Å². The lowest BCUT2D eigenvalue weighted by Crippen LogP contribution is -2.35. The van der Waals surface area contributed by atoms with Crippen LogP contribution in [0.15, 0.2) is 24.3 Å². The summed E-state index contributed by atoms with van der Waals surface area (Å²) in [6.45, 7) is 1.81. The molecule has 0 radical (unpaired) electrons. The first kappa shape index (κ1) is 19.1. The van der Waals surface area contributed by atoms with Gasteiger partial charge in [0.05, 0.1) is 4.92 Å². The van der Waals surface area contributed by atoms with E-state index < -0.39 is 16.8 Å². The van der Waals surface area contributed by atoms with Crippen LogP contribution in [0.4, 0.5) is 5.69 Å². The molecular weight excluding hydrogens is 318 g/mol. The van der Waals surface area contributed by atoms with Crippen LogP contribution in [0.3, 0.4) is 0 Å². The van der Waals surface area contributed by atoms with Crippen LogP contribution in [0.2, 0.25) is 0 Å². The molecule has 1 unspecified atom stereocenters. The van der Waals surface area contributed by atoms with Gasteiger partial charge in [0.2, 0.25) is 5.91 Å². The first-order valence-electron chi connectivity index (χ1n) is 7.33. The lowest BCUT2D eigenvalue weighted by atomic mass is 10.2. The van der Waals surface area contributed by atoms with Crippen molar-refractivity contribution in [2.45, 2.75) is 32.2 Å². The average molecular weight is 337 g/mol. The lowest BCUT2D eigenvalue weighted by molar-refractivity contribution is -0.384. The van der Waals surface area contributed by atoms with E-state index in [-0.39, 0.29) is 42.6 Å². The molecule has 130 valence electrons.